The maximum Gasteiger partial charge on any atom is 0.0841 e. The molecule has 1 fully saturated rings. The van der Waals surface area contributed by atoms with Gasteiger partial charge in [-0.1, -0.05) is 17.7 Å². The van der Waals surface area contributed by atoms with E-state index in [1.807, 2.05) is 18.2 Å². The quantitative estimate of drug-likeness (QED) is 0.881. The third-order valence-corrected chi connectivity index (χ3v) is 3.31. The molecule has 94 valence electrons. The first-order chi connectivity index (χ1) is 7.98. The highest BCUT2D eigenvalue weighted by molar-refractivity contribution is 6.33. The second kappa shape index (κ2) is 4.84. The van der Waals surface area contributed by atoms with Gasteiger partial charge in [-0.3, -0.25) is 0 Å². The van der Waals surface area contributed by atoms with Gasteiger partial charge in [-0.05, 0) is 31.5 Å². The van der Waals surface area contributed by atoms with Crippen LogP contribution < -0.4 is 4.90 Å². The topological polar surface area (TPSA) is 32.7 Å². The number of halogens is 1. The number of anilines is 1. The van der Waals surface area contributed by atoms with E-state index in [1.54, 1.807) is 13.8 Å². The van der Waals surface area contributed by atoms with Crippen LogP contribution in [0.1, 0.15) is 19.4 Å². The van der Waals surface area contributed by atoms with Crippen LogP contribution in [-0.2, 0) is 10.3 Å². The van der Waals surface area contributed by atoms with E-state index in [4.69, 9.17) is 16.3 Å². The van der Waals surface area contributed by atoms with Crippen LogP contribution in [0.3, 0.4) is 0 Å². The van der Waals surface area contributed by atoms with E-state index < -0.39 is 5.60 Å². The second-order valence-corrected chi connectivity index (χ2v) is 5.23. The van der Waals surface area contributed by atoms with Gasteiger partial charge in [-0.25, -0.2) is 0 Å². The Labute approximate surface area is 107 Å². The van der Waals surface area contributed by atoms with Gasteiger partial charge >= 0.3 is 0 Å². The normalized spacial score (nSPS) is 17.3. The van der Waals surface area contributed by atoms with Crippen molar-refractivity contribution in [3.05, 3.63) is 28.8 Å². The lowest BCUT2D eigenvalue weighted by atomic mass is 9.98. The number of ether oxygens (including phenoxy) is 1. The molecule has 0 unspecified atom stereocenters. The highest BCUT2D eigenvalue weighted by Gasteiger charge is 2.19. The zero-order valence-corrected chi connectivity index (χ0v) is 11.0. The molecule has 1 saturated heterocycles. The number of rotatable bonds is 2. The summed E-state index contributed by atoms with van der Waals surface area (Å²) in [4.78, 5) is 2.21. The summed E-state index contributed by atoms with van der Waals surface area (Å²) in [5, 5.41) is 10.6. The third-order valence-electron chi connectivity index (χ3n) is 3.01. The fourth-order valence-electron chi connectivity index (χ4n) is 1.95. The monoisotopic (exact) mass is 255 g/mol. The number of aliphatic hydroxyl groups is 1. The summed E-state index contributed by atoms with van der Waals surface area (Å²) in [7, 11) is 0. The van der Waals surface area contributed by atoms with E-state index >= 15 is 0 Å². The van der Waals surface area contributed by atoms with Crippen LogP contribution in [0.2, 0.25) is 5.02 Å². The fraction of sp³-hybridized carbons (Fsp3) is 0.538. The largest absolute Gasteiger partial charge is 0.386 e. The lowest BCUT2D eigenvalue weighted by Gasteiger charge is -2.30. The highest BCUT2D eigenvalue weighted by Crippen LogP contribution is 2.31. The summed E-state index contributed by atoms with van der Waals surface area (Å²) in [6, 6.07) is 5.74. The van der Waals surface area contributed by atoms with E-state index in [1.165, 1.54) is 0 Å². The smallest absolute Gasteiger partial charge is 0.0841 e. The molecule has 1 heterocycles. The Hall–Kier alpha value is -0.770. The summed E-state index contributed by atoms with van der Waals surface area (Å²) in [5.74, 6) is 0. The Morgan fingerprint density at radius 2 is 1.94 bits per heavy atom. The predicted octanol–water partition coefficient (Wildman–Crippen LogP) is 2.40. The Bertz CT molecular complexity index is 395. The molecule has 0 atom stereocenters. The molecule has 1 aliphatic rings. The van der Waals surface area contributed by atoms with Gasteiger partial charge in [-0.2, -0.15) is 0 Å². The van der Waals surface area contributed by atoms with Crippen molar-refractivity contribution >= 4 is 17.3 Å². The highest BCUT2D eigenvalue weighted by atomic mass is 35.5. The SMILES string of the molecule is CC(C)(O)c1ccc(N2CCOCC2)c(Cl)c1. The first-order valence-corrected chi connectivity index (χ1v) is 6.21. The maximum absolute atomic E-state index is 9.92. The Balaban J connectivity index is 2.25. The zero-order chi connectivity index (χ0) is 12.5. The van der Waals surface area contributed by atoms with Crippen molar-refractivity contribution in [3.63, 3.8) is 0 Å². The molecule has 2 rings (SSSR count). The van der Waals surface area contributed by atoms with Crippen molar-refractivity contribution in [1.29, 1.82) is 0 Å². The first kappa shape index (κ1) is 12.7. The van der Waals surface area contributed by atoms with Gasteiger partial charge in [0.1, 0.15) is 0 Å². The fourth-order valence-corrected chi connectivity index (χ4v) is 2.25. The van der Waals surface area contributed by atoms with E-state index in [9.17, 15) is 5.11 Å². The van der Waals surface area contributed by atoms with E-state index in [2.05, 4.69) is 4.90 Å². The van der Waals surface area contributed by atoms with Crippen LogP contribution in [0.25, 0.3) is 0 Å². The molecule has 0 spiro atoms. The predicted molar refractivity (Wildman–Crippen MR) is 69.7 cm³/mol. The minimum absolute atomic E-state index is 0.687. The summed E-state index contributed by atoms with van der Waals surface area (Å²) < 4.78 is 5.31. The standard InChI is InChI=1S/C13H18ClNO2/c1-13(2,16)10-3-4-12(11(14)9-10)15-5-7-17-8-6-15/h3-4,9,16H,5-8H2,1-2H3. The molecule has 1 N–H and O–H groups in total. The average molecular weight is 256 g/mol. The van der Waals surface area contributed by atoms with Crippen molar-refractivity contribution in [2.45, 2.75) is 19.4 Å². The molecule has 0 saturated carbocycles. The van der Waals surface area contributed by atoms with E-state index in [0.717, 1.165) is 37.6 Å². The maximum atomic E-state index is 9.92. The van der Waals surface area contributed by atoms with Gasteiger partial charge in [-0.15, -0.1) is 0 Å². The number of morpholine rings is 1. The summed E-state index contributed by atoms with van der Waals surface area (Å²) in [6.07, 6.45) is 0. The van der Waals surface area contributed by atoms with Crippen molar-refractivity contribution < 1.29 is 9.84 Å². The molecule has 1 aliphatic heterocycles. The van der Waals surface area contributed by atoms with Crippen LogP contribution in [0.4, 0.5) is 5.69 Å². The van der Waals surface area contributed by atoms with Gasteiger partial charge in [0.05, 0.1) is 29.5 Å². The van der Waals surface area contributed by atoms with Gasteiger partial charge in [0, 0.05) is 13.1 Å². The Kier molecular flexibility index (Phi) is 3.61. The minimum Gasteiger partial charge on any atom is -0.386 e. The van der Waals surface area contributed by atoms with Crippen molar-refractivity contribution in [2.75, 3.05) is 31.2 Å². The van der Waals surface area contributed by atoms with E-state index in [-0.39, 0.29) is 0 Å². The Morgan fingerprint density at radius 1 is 1.29 bits per heavy atom. The van der Waals surface area contributed by atoms with Crippen molar-refractivity contribution in [1.82, 2.24) is 0 Å². The molecular formula is C13H18ClNO2. The Morgan fingerprint density at radius 3 is 2.47 bits per heavy atom. The van der Waals surface area contributed by atoms with Crippen LogP contribution in [-0.4, -0.2) is 31.4 Å². The molecule has 1 aromatic carbocycles. The summed E-state index contributed by atoms with van der Waals surface area (Å²) in [5.41, 5.74) is 0.996. The molecule has 0 amide bonds. The molecule has 4 heteroatoms. The van der Waals surface area contributed by atoms with Crippen LogP contribution in [0.5, 0.6) is 0 Å². The van der Waals surface area contributed by atoms with Crippen molar-refractivity contribution in [3.8, 4) is 0 Å². The molecule has 0 aliphatic carbocycles. The molecular weight excluding hydrogens is 238 g/mol. The molecule has 0 radical (unpaired) electrons. The van der Waals surface area contributed by atoms with E-state index in [0.29, 0.717) is 5.02 Å². The number of nitrogens with zero attached hydrogens (tertiary/aromatic N) is 1. The van der Waals surface area contributed by atoms with Gasteiger partial charge in [0.15, 0.2) is 0 Å². The second-order valence-electron chi connectivity index (χ2n) is 4.82. The van der Waals surface area contributed by atoms with Gasteiger partial charge in [0.25, 0.3) is 0 Å². The summed E-state index contributed by atoms with van der Waals surface area (Å²) in [6.45, 7) is 6.72. The molecule has 17 heavy (non-hydrogen) atoms. The lowest BCUT2D eigenvalue weighted by molar-refractivity contribution is 0.0786. The van der Waals surface area contributed by atoms with Crippen molar-refractivity contribution in [2.24, 2.45) is 0 Å². The van der Waals surface area contributed by atoms with Crippen LogP contribution in [0, 0.1) is 0 Å². The van der Waals surface area contributed by atoms with Crippen LogP contribution in [0.15, 0.2) is 18.2 Å². The number of benzene rings is 1. The van der Waals surface area contributed by atoms with Gasteiger partial charge in [0.2, 0.25) is 0 Å². The minimum atomic E-state index is -0.854. The molecule has 1 aromatic rings. The first-order valence-electron chi connectivity index (χ1n) is 5.83. The van der Waals surface area contributed by atoms with Crippen LogP contribution >= 0.6 is 11.6 Å². The van der Waals surface area contributed by atoms with Gasteiger partial charge < -0.3 is 14.7 Å². The molecule has 0 aromatic heterocycles. The molecule has 3 nitrogen and oxygen atoms in total. The number of hydrogen-bond acceptors (Lipinski definition) is 3. The lowest BCUT2D eigenvalue weighted by Crippen LogP contribution is -2.36. The summed E-state index contributed by atoms with van der Waals surface area (Å²) >= 11 is 6.28. The average Bonchev–Trinajstić information content (AvgIpc) is 2.29. The zero-order valence-electron chi connectivity index (χ0n) is 10.2. The molecule has 0 bridgehead atoms. The third kappa shape index (κ3) is 2.92. The number of hydrogen-bond donors (Lipinski definition) is 1.